The van der Waals surface area contributed by atoms with Crippen LogP contribution in [0.15, 0.2) is 57.2 Å². The van der Waals surface area contributed by atoms with Crippen molar-refractivity contribution in [3.8, 4) is 0 Å². The maximum absolute atomic E-state index is 13.1. The van der Waals surface area contributed by atoms with Gasteiger partial charge >= 0.3 is 5.69 Å². The molecule has 3 N–H and O–H groups in total. The molecule has 0 atom stereocenters. The van der Waals surface area contributed by atoms with Crippen LogP contribution in [0.3, 0.4) is 0 Å². The van der Waals surface area contributed by atoms with E-state index in [1.807, 2.05) is 30.3 Å². The standard InChI is InChI=1S/C22H24N8O4/c1-3-29(16(31)9-10-28-13-24-19-15(21(28)33)11-25-27(19)2)17-18(23)30(22(34)26-20(17)32)12-14-7-5-4-6-8-14/h4-8,11,13H,3,9-10,12,23H2,1-2H3,(H,26,32,34). The first-order valence-corrected chi connectivity index (χ1v) is 10.7. The van der Waals surface area contributed by atoms with Crippen LogP contribution >= 0.6 is 0 Å². The average molecular weight is 464 g/mol. The zero-order chi connectivity index (χ0) is 24.4. The molecule has 0 aliphatic rings. The van der Waals surface area contributed by atoms with Crippen molar-refractivity contribution >= 4 is 28.4 Å². The maximum atomic E-state index is 13.1. The van der Waals surface area contributed by atoms with Gasteiger partial charge in [0.05, 0.1) is 19.1 Å². The third-order valence-corrected chi connectivity index (χ3v) is 5.57. The number of fused-ring (bicyclic) bond motifs is 1. The van der Waals surface area contributed by atoms with E-state index in [1.54, 1.807) is 14.0 Å². The molecular weight excluding hydrogens is 440 g/mol. The first-order valence-electron chi connectivity index (χ1n) is 10.7. The number of aromatic nitrogens is 6. The third kappa shape index (κ3) is 4.12. The zero-order valence-electron chi connectivity index (χ0n) is 18.8. The number of aryl methyl sites for hydroxylation is 2. The lowest BCUT2D eigenvalue weighted by atomic mass is 10.2. The molecule has 34 heavy (non-hydrogen) atoms. The Bertz CT molecular complexity index is 1530. The second-order valence-corrected chi connectivity index (χ2v) is 7.70. The van der Waals surface area contributed by atoms with Crippen molar-refractivity contribution in [3.63, 3.8) is 0 Å². The number of rotatable bonds is 7. The Morgan fingerprint density at radius 3 is 2.62 bits per heavy atom. The number of hydrogen-bond donors (Lipinski definition) is 2. The van der Waals surface area contributed by atoms with Gasteiger partial charge in [-0.2, -0.15) is 5.10 Å². The number of aromatic amines is 1. The monoisotopic (exact) mass is 464 g/mol. The molecule has 0 radical (unpaired) electrons. The predicted octanol–water partition coefficient (Wildman–Crippen LogP) is 0.0537. The Morgan fingerprint density at radius 1 is 1.18 bits per heavy atom. The number of carbonyl (C=O) groups is 1. The number of hydrogen-bond acceptors (Lipinski definition) is 7. The Kier molecular flexibility index (Phi) is 6.13. The normalized spacial score (nSPS) is 11.1. The summed E-state index contributed by atoms with van der Waals surface area (Å²) in [5.74, 6) is -0.536. The summed E-state index contributed by atoms with van der Waals surface area (Å²) in [4.78, 5) is 58.5. The lowest BCUT2D eigenvalue weighted by Gasteiger charge is -2.23. The fraction of sp³-hybridized carbons (Fsp3) is 0.273. The van der Waals surface area contributed by atoms with Gasteiger partial charge in [-0.25, -0.2) is 9.78 Å². The molecule has 176 valence electrons. The molecule has 0 saturated heterocycles. The maximum Gasteiger partial charge on any atom is 0.330 e. The van der Waals surface area contributed by atoms with Gasteiger partial charge in [-0.3, -0.25) is 33.2 Å². The second-order valence-electron chi connectivity index (χ2n) is 7.70. The lowest BCUT2D eigenvalue weighted by Crippen LogP contribution is -2.41. The minimum Gasteiger partial charge on any atom is -0.383 e. The SMILES string of the molecule is CCN(C(=O)CCn1cnc2c(cnn2C)c1=O)c1c(N)n(Cc2ccccc2)c(=O)[nH]c1=O. The van der Waals surface area contributed by atoms with Crippen molar-refractivity contribution in [3.05, 3.63) is 79.6 Å². The molecule has 0 aliphatic carbocycles. The number of amides is 1. The van der Waals surface area contributed by atoms with Crippen LogP contribution in [0.25, 0.3) is 11.0 Å². The van der Waals surface area contributed by atoms with Crippen molar-refractivity contribution < 1.29 is 4.79 Å². The highest BCUT2D eigenvalue weighted by molar-refractivity contribution is 5.95. The summed E-state index contributed by atoms with van der Waals surface area (Å²) >= 11 is 0. The van der Waals surface area contributed by atoms with Gasteiger partial charge in [-0.05, 0) is 12.5 Å². The van der Waals surface area contributed by atoms with Crippen molar-refractivity contribution in [2.45, 2.75) is 26.4 Å². The predicted molar refractivity (Wildman–Crippen MR) is 127 cm³/mol. The number of carbonyl (C=O) groups excluding carboxylic acids is 1. The smallest absolute Gasteiger partial charge is 0.330 e. The highest BCUT2D eigenvalue weighted by atomic mass is 16.2. The van der Waals surface area contributed by atoms with Crippen molar-refractivity contribution in [1.29, 1.82) is 0 Å². The molecule has 1 aromatic carbocycles. The van der Waals surface area contributed by atoms with E-state index < -0.39 is 17.2 Å². The van der Waals surface area contributed by atoms with Crippen molar-refractivity contribution in [2.24, 2.45) is 7.05 Å². The number of nitrogen functional groups attached to an aromatic ring is 1. The number of nitrogens with two attached hydrogens (primary N) is 1. The first-order chi connectivity index (χ1) is 16.3. The van der Waals surface area contributed by atoms with E-state index in [0.717, 1.165) is 5.56 Å². The summed E-state index contributed by atoms with van der Waals surface area (Å²) < 4.78 is 4.02. The molecule has 12 heteroatoms. The van der Waals surface area contributed by atoms with Crippen LogP contribution in [0.1, 0.15) is 18.9 Å². The van der Waals surface area contributed by atoms with Gasteiger partial charge in [0.1, 0.15) is 11.2 Å². The van der Waals surface area contributed by atoms with E-state index in [4.69, 9.17) is 5.73 Å². The summed E-state index contributed by atoms with van der Waals surface area (Å²) in [6.45, 7) is 2.02. The third-order valence-electron chi connectivity index (χ3n) is 5.57. The molecule has 3 heterocycles. The highest BCUT2D eigenvalue weighted by Crippen LogP contribution is 2.18. The zero-order valence-corrected chi connectivity index (χ0v) is 18.8. The van der Waals surface area contributed by atoms with E-state index in [-0.39, 0.29) is 43.1 Å². The molecule has 0 aliphatic heterocycles. The number of nitrogens with zero attached hydrogens (tertiary/aromatic N) is 6. The van der Waals surface area contributed by atoms with E-state index in [9.17, 15) is 19.2 Å². The lowest BCUT2D eigenvalue weighted by molar-refractivity contribution is -0.118. The Labute approximate surface area is 192 Å². The summed E-state index contributed by atoms with van der Waals surface area (Å²) in [6.07, 6.45) is 2.70. The van der Waals surface area contributed by atoms with Crippen LogP contribution in [0, 0.1) is 0 Å². The Balaban J connectivity index is 1.61. The quantitative estimate of drug-likeness (QED) is 0.392. The van der Waals surface area contributed by atoms with Crippen LogP contribution in [0.2, 0.25) is 0 Å². The highest BCUT2D eigenvalue weighted by Gasteiger charge is 2.23. The van der Waals surface area contributed by atoms with E-state index in [1.165, 1.54) is 31.2 Å². The van der Waals surface area contributed by atoms with Crippen LogP contribution in [0.5, 0.6) is 0 Å². The van der Waals surface area contributed by atoms with Crippen LogP contribution in [-0.4, -0.2) is 41.3 Å². The van der Waals surface area contributed by atoms with Gasteiger partial charge in [-0.15, -0.1) is 0 Å². The number of H-pyrrole nitrogens is 1. The van der Waals surface area contributed by atoms with Crippen LogP contribution in [0.4, 0.5) is 11.5 Å². The van der Waals surface area contributed by atoms with Gasteiger partial charge in [0, 0.05) is 26.6 Å². The van der Waals surface area contributed by atoms with Crippen molar-refractivity contribution in [1.82, 2.24) is 28.9 Å². The molecule has 0 unspecified atom stereocenters. The summed E-state index contributed by atoms with van der Waals surface area (Å²) in [6, 6.07) is 9.14. The Morgan fingerprint density at radius 2 is 1.91 bits per heavy atom. The van der Waals surface area contributed by atoms with Gasteiger partial charge < -0.3 is 10.6 Å². The van der Waals surface area contributed by atoms with Gasteiger partial charge in [0.25, 0.3) is 11.1 Å². The van der Waals surface area contributed by atoms with E-state index in [2.05, 4.69) is 15.1 Å². The molecule has 0 spiro atoms. The molecule has 1 amide bonds. The minimum absolute atomic E-state index is 0.0491. The van der Waals surface area contributed by atoms with Gasteiger partial charge in [-0.1, -0.05) is 30.3 Å². The molecule has 12 nitrogen and oxygen atoms in total. The molecule has 0 saturated carbocycles. The first kappa shape index (κ1) is 22.7. The second kappa shape index (κ2) is 9.17. The van der Waals surface area contributed by atoms with Crippen molar-refractivity contribution in [2.75, 3.05) is 17.2 Å². The molecule has 4 aromatic rings. The van der Waals surface area contributed by atoms with E-state index in [0.29, 0.717) is 11.0 Å². The van der Waals surface area contributed by atoms with Gasteiger partial charge in [0.2, 0.25) is 5.91 Å². The number of anilines is 2. The van der Waals surface area contributed by atoms with E-state index >= 15 is 0 Å². The summed E-state index contributed by atoms with van der Waals surface area (Å²) in [5, 5.41) is 4.37. The molecular formula is C22H24N8O4. The number of nitrogens with one attached hydrogen (secondary N) is 1. The van der Waals surface area contributed by atoms with Crippen LogP contribution < -0.4 is 27.4 Å². The summed E-state index contributed by atoms with van der Waals surface area (Å²) in [5.41, 5.74) is 5.64. The summed E-state index contributed by atoms with van der Waals surface area (Å²) in [7, 11) is 1.68. The number of benzene rings is 1. The topological polar surface area (TPSA) is 154 Å². The average Bonchev–Trinajstić information content (AvgIpc) is 3.21. The molecule has 0 bridgehead atoms. The van der Waals surface area contributed by atoms with Crippen LogP contribution in [-0.2, 0) is 24.9 Å². The molecule has 3 aromatic heterocycles. The fourth-order valence-electron chi connectivity index (χ4n) is 3.80. The minimum atomic E-state index is -0.752. The largest absolute Gasteiger partial charge is 0.383 e. The molecule has 0 fully saturated rings. The Hall–Kier alpha value is -4.48. The van der Waals surface area contributed by atoms with Gasteiger partial charge in [0.15, 0.2) is 11.3 Å². The molecule has 4 rings (SSSR count). The fourth-order valence-corrected chi connectivity index (χ4v) is 3.80.